The first-order valence-electron chi connectivity index (χ1n) is 7.02. The molecule has 19 heavy (non-hydrogen) atoms. The lowest BCUT2D eigenvalue weighted by atomic mass is 9.84. The van der Waals surface area contributed by atoms with Crippen molar-refractivity contribution >= 4 is 11.8 Å². The molecule has 0 aliphatic rings. The first-order valence-corrected chi connectivity index (χ1v) is 8.17. The number of rotatable bonds is 9. The molecule has 1 aromatic rings. The number of thioether (sulfide) groups is 1. The zero-order valence-electron chi connectivity index (χ0n) is 12.6. The highest BCUT2D eigenvalue weighted by Crippen LogP contribution is 2.26. The van der Waals surface area contributed by atoms with Gasteiger partial charge in [-0.1, -0.05) is 32.9 Å². The summed E-state index contributed by atoms with van der Waals surface area (Å²) in [5.41, 5.74) is 5.86. The highest BCUT2D eigenvalue weighted by atomic mass is 32.2. The van der Waals surface area contributed by atoms with Crippen LogP contribution in [-0.4, -0.2) is 22.4 Å². The molecule has 5 heteroatoms. The van der Waals surface area contributed by atoms with Gasteiger partial charge in [0.15, 0.2) is 5.82 Å². The fraction of sp³-hybridized carbons (Fsp3) is 0.857. The fourth-order valence-electron chi connectivity index (χ4n) is 1.80. The van der Waals surface area contributed by atoms with Crippen molar-refractivity contribution in [1.29, 1.82) is 0 Å². The van der Waals surface area contributed by atoms with E-state index in [1.54, 1.807) is 0 Å². The van der Waals surface area contributed by atoms with Gasteiger partial charge in [-0.05, 0) is 36.5 Å². The molecule has 1 aromatic heterocycles. The van der Waals surface area contributed by atoms with Gasteiger partial charge < -0.3 is 10.3 Å². The number of hydrogen-bond acceptors (Lipinski definition) is 5. The Morgan fingerprint density at radius 3 is 2.68 bits per heavy atom. The van der Waals surface area contributed by atoms with E-state index in [2.05, 4.69) is 37.8 Å². The lowest BCUT2D eigenvalue weighted by Gasteiger charge is -2.22. The summed E-state index contributed by atoms with van der Waals surface area (Å²) in [6, 6.07) is 0. The average molecular weight is 285 g/mol. The normalized spacial score (nSPS) is 12.3. The largest absolute Gasteiger partial charge is 0.339 e. The second kappa shape index (κ2) is 7.90. The molecule has 0 aliphatic carbocycles. The van der Waals surface area contributed by atoms with Crippen LogP contribution in [0.1, 0.15) is 52.3 Å². The van der Waals surface area contributed by atoms with Crippen molar-refractivity contribution in [3.8, 4) is 0 Å². The smallest absolute Gasteiger partial charge is 0.226 e. The van der Waals surface area contributed by atoms with Gasteiger partial charge in [-0.3, -0.25) is 0 Å². The Kier molecular flexibility index (Phi) is 6.86. The molecular weight excluding hydrogens is 258 g/mol. The molecule has 0 unspecified atom stereocenters. The van der Waals surface area contributed by atoms with E-state index in [1.807, 2.05) is 11.8 Å². The molecule has 1 heterocycles. The SMILES string of the molecule is CC(C)CSCc1noc(CCC(C)(C)CCN)n1. The van der Waals surface area contributed by atoms with Crippen LogP contribution in [0.4, 0.5) is 0 Å². The van der Waals surface area contributed by atoms with Gasteiger partial charge in [0, 0.05) is 6.42 Å². The minimum absolute atomic E-state index is 0.246. The number of nitrogens with two attached hydrogens (primary N) is 1. The highest BCUT2D eigenvalue weighted by molar-refractivity contribution is 7.98. The van der Waals surface area contributed by atoms with Crippen LogP contribution >= 0.6 is 11.8 Å². The van der Waals surface area contributed by atoms with Gasteiger partial charge in [0.1, 0.15) is 0 Å². The monoisotopic (exact) mass is 285 g/mol. The van der Waals surface area contributed by atoms with E-state index >= 15 is 0 Å². The molecule has 0 saturated heterocycles. The fourth-order valence-corrected chi connectivity index (χ4v) is 2.69. The number of hydrogen-bond donors (Lipinski definition) is 1. The summed E-state index contributed by atoms with van der Waals surface area (Å²) in [6.07, 6.45) is 2.90. The minimum Gasteiger partial charge on any atom is -0.339 e. The lowest BCUT2D eigenvalue weighted by molar-refractivity contribution is 0.289. The Morgan fingerprint density at radius 2 is 2.05 bits per heavy atom. The average Bonchev–Trinajstić information content (AvgIpc) is 2.74. The Labute approximate surface area is 120 Å². The van der Waals surface area contributed by atoms with E-state index in [-0.39, 0.29) is 5.41 Å². The zero-order valence-corrected chi connectivity index (χ0v) is 13.4. The summed E-state index contributed by atoms with van der Waals surface area (Å²) in [5.74, 6) is 4.25. The van der Waals surface area contributed by atoms with Crippen molar-refractivity contribution in [3.63, 3.8) is 0 Å². The van der Waals surface area contributed by atoms with Crippen LogP contribution in [-0.2, 0) is 12.2 Å². The predicted octanol–water partition coefficient (Wildman–Crippen LogP) is 3.27. The van der Waals surface area contributed by atoms with Crippen LogP contribution in [0, 0.1) is 11.3 Å². The molecule has 110 valence electrons. The number of nitrogens with zero attached hydrogens (tertiary/aromatic N) is 2. The van der Waals surface area contributed by atoms with Crippen molar-refractivity contribution < 1.29 is 4.52 Å². The van der Waals surface area contributed by atoms with E-state index in [1.165, 1.54) is 0 Å². The van der Waals surface area contributed by atoms with Crippen LogP contribution in [0.2, 0.25) is 0 Å². The maximum absolute atomic E-state index is 5.61. The third-order valence-corrected chi connectivity index (χ3v) is 4.39. The Morgan fingerprint density at radius 1 is 1.32 bits per heavy atom. The van der Waals surface area contributed by atoms with Crippen molar-refractivity contribution in [2.75, 3.05) is 12.3 Å². The first-order chi connectivity index (χ1) is 8.93. The Balaban J connectivity index is 2.34. The molecule has 0 radical (unpaired) electrons. The van der Waals surface area contributed by atoms with Crippen molar-refractivity contribution in [3.05, 3.63) is 11.7 Å². The Hall–Kier alpha value is -0.550. The van der Waals surface area contributed by atoms with E-state index in [4.69, 9.17) is 10.3 Å². The molecule has 0 bridgehead atoms. The molecule has 4 nitrogen and oxygen atoms in total. The van der Waals surface area contributed by atoms with Gasteiger partial charge in [-0.15, -0.1) is 0 Å². The van der Waals surface area contributed by atoms with Crippen molar-refractivity contribution in [2.24, 2.45) is 17.1 Å². The molecule has 0 aromatic carbocycles. The van der Waals surface area contributed by atoms with Crippen molar-refractivity contribution in [2.45, 2.75) is 52.7 Å². The summed E-state index contributed by atoms with van der Waals surface area (Å²) < 4.78 is 5.29. The quantitative estimate of drug-likeness (QED) is 0.754. The molecule has 0 atom stereocenters. The second-order valence-corrected chi connectivity index (χ2v) is 7.25. The van der Waals surface area contributed by atoms with Gasteiger partial charge in [0.2, 0.25) is 5.89 Å². The molecule has 0 aliphatic heterocycles. The summed E-state index contributed by atoms with van der Waals surface area (Å²) in [7, 11) is 0. The van der Waals surface area contributed by atoms with Crippen LogP contribution in [0.3, 0.4) is 0 Å². The zero-order chi connectivity index (χ0) is 14.3. The topological polar surface area (TPSA) is 64.9 Å². The Bertz CT molecular complexity index is 363. The van der Waals surface area contributed by atoms with Crippen molar-refractivity contribution in [1.82, 2.24) is 10.1 Å². The van der Waals surface area contributed by atoms with Crippen LogP contribution in [0.5, 0.6) is 0 Å². The lowest BCUT2D eigenvalue weighted by Crippen LogP contribution is -2.17. The highest BCUT2D eigenvalue weighted by Gasteiger charge is 2.18. The summed E-state index contributed by atoms with van der Waals surface area (Å²) in [5, 5.41) is 4.03. The molecule has 0 spiro atoms. The number of aromatic nitrogens is 2. The van der Waals surface area contributed by atoms with E-state index in [9.17, 15) is 0 Å². The van der Waals surface area contributed by atoms with Gasteiger partial charge in [-0.25, -0.2) is 0 Å². The molecule has 0 amide bonds. The van der Waals surface area contributed by atoms with Gasteiger partial charge in [0.25, 0.3) is 0 Å². The third kappa shape index (κ3) is 6.97. The van der Waals surface area contributed by atoms with Gasteiger partial charge >= 0.3 is 0 Å². The molecule has 1 rings (SSSR count). The van der Waals surface area contributed by atoms with Crippen LogP contribution < -0.4 is 5.73 Å². The minimum atomic E-state index is 0.246. The van der Waals surface area contributed by atoms with Crippen LogP contribution in [0.15, 0.2) is 4.52 Å². The van der Waals surface area contributed by atoms with Gasteiger partial charge in [-0.2, -0.15) is 16.7 Å². The van der Waals surface area contributed by atoms with Crippen LogP contribution in [0.25, 0.3) is 0 Å². The maximum Gasteiger partial charge on any atom is 0.226 e. The van der Waals surface area contributed by atoms with Gasteiger partial charge in [0.05, 0.1) is 5.75 Å². The maximum atomic E-state index is 5.61. The summed E-state index contributed by atoms with van der Waals surface area (Å²) in [6.45, 7) is 9.63. The third-order valence-electron chi connectivity index (χ3n) is 3.03. The second-order valence-electron chi connectivity index (χ2n) is 6.22. The number of aryl methyl sites for hydroxylation is 1. The molecule has 0 saturated carbocycles. The molecule has 0 fully saturated rings. The summed E-state index contributed by atoms with van der Waals surface area (Å²) >= 11 is 1.86. The first kappa shape index (κ1) is 16.5. The van der Waals surface area contributed by atoms with E-state index in [0.29, 0.717) is 5.92 Å². The predicted molar refractivity (Wildman–Crippen MR) is 81.1 cm³/mol. The summed E-state index contributed by atoms with van der Waals surface area (Å²) in [4.78, 5) is 4.44. The molecule has 2 N–H and O–H groups in total. The molecular formula is C14H27N3OS. The van der Waals surface area contributed by atoms with E-state index in [0.717, 1.165) is 49.0 Å². The standard InChI is InChI=1S/C14H27N3OS/c1-11(2)9-19-10-12-16-13(18-17-12)5-6-14(3,4)7-8-15/h11H,5-10,15H2,1-4H3. The van der Waals surface area contributed by atoms with E-state index < -0.39 is 0 Å².